The van der Waals surface area contributed by atoms with Gasteiger partial charge >= 0.3 is 0 Å². The topological polar surface area (TPSA) is 135 Å². The summed E-state index contributed by atoms with van der Waals surface area (Å²) in [6.07, 6.45) is 13.2. The van der Waals surface area contributed by atoms with Crippen molar-refractivity contribution >= 4 is 33.2 Å². The van der Waals surface area contributed by atoms with Gasteiger partial charge in [-0.25, -0.2) is 14.6 Å². The van der Waals surface area contributed by atoms with E-state index in [-0.39, 0.29) is 17.1 Å². The zero-order valence-corrected chi connectivity index (χ0v) is 27.5. The standard InChI is InChI=1S/C34H41N9O2S/c1-20(24-8-5-14-41(24)2)43-32-23(18-37-43)31(42-15-6-10-33(19-42)13-16-44-33)38-30(39-32)27-21-7-3-11-34(28(21)45-40-27)12-4-9-25-26(34)22(17-35)29(36)46-25/h18,20,24H,3-16,19,36H2,1-2H3. The minimum absolute atomic E-state index is 0.0789. The SMILES string of the molecule is CC(C1CCCN1C)n1ncc2c(N3CCCC4(CCO4)C3)nc(-c3noc4c3CCCC43CCCc4sc(N)c(C#N)c43)nc21. The number of likely N-dealkylation sites (N-methyl/N-ethyl adjacent to an activating group) is 1. The molecular weight excluding hydrogens is 599 g/mol. The first kappa shape index (κ1) is 28.7. The molecule has 2 spiro atoms. The minimum atomic E-state index is -0.386. The summed E-state index contributed by atoms with van der Waals surface area (Å²) in [4.78, 5) is 16.6. The summed E-state index contributed by atoms with van der Waals surface area (Å²) >= 11 is 1.57. The van der Waals surface area contributed by atoms with Gasteiger partial charge in [0, 0.05) is 36.0 Å². The predicted octanol–water partition coefficient (Wildman–Crippen LogP) is 5.37. The Kier molecular flexibility index (Phi) is 6.54. The smallest absolute Gasteiger partial charge is 0.186 e. The molecule has 46 heavy (non-hydrogen) atoms. The number of thiophene rings is 1. The van der Waals surface area contributed by atoms with E-state index >= 15 is 0 Å². The Balaban J connectivity index is 1.20. The molecule has 4 aromatic heterocycles. The van der Waals surface area contributed by atoms with Gasteiger partial charge in [0.15, 0.2) is 22.9 Å². The summed E-state index contributed by atoms with van der Waals surface area (Å²) in [6.45, 7) is 5.94. The molecule has 4 atom stereocenters. The quantitative estimate of drug-likeness (QED) is 0.311. The summed E-state index contributed by atoms with van der Waals surface area (Å²) in [7, 11) is 2.21. The summed E-state index contributed by atoms with van der Waals surface area (Å²) in [6, 6.07) is 3.00. The van der Waals surface area contributed by atoms with Crippen LogP contribution in [0.25, 0.3) is 22.6 Å². The summed E-state index contributed by atoms with van der Waals surface area (Å²) in [5.41, 5.74) is 10.3. The molecule has 5 aliphatic rings. The van der Waals surface area contributed by atoms with E-state index in [9.17, 15) is 5.26 Å². The van der Waals surface area contributed by atoms with Crippen LogP contribution in [-0.4, -0.2) is 74.7 Å². The molecule has 0 amide bonds. The number of aryl methyl sites for hydroxylation is 1. The Labute approximate surface area is 272 Å². The zero-order chi connectivity index (χ0) is 31.2. The van der Waals surface area contributed by atoms with Crippen molar-refractivity contribution in [2.45, 2.75) is 101 Å². The first-order chi connectivity index (χ1) is 22.4. The number of nitrogens with zero attached hydrogens (tertiary/aromatic N) is 8. The average Bonchev–Trinajstić information content (AvgIpc) is 3.85. The average molecular weight is 640 g/mol. The number of hydrogen-bond acceptors (Lipinski definition) is 11. The Bertz CT molecular complexity index is 1880. The molecule has 9 rings (SSSR count). The van der Waals surface area contributed by atoms with Gasteiger partial charge in [-0.15, -0.1) is 11.3 Å². The van der Waals surface area contributed by atoms with Gasteiger partial charge in [0.05, 0.1) is 40.8 Å². The van der Waals surface area contributed by atoms with Crippen LogP contribution in [0.15, 0.2) is 10.7 Å². The molecule has 0 saturated carbocycles. The van der Waals surface area contributed by atoms with Crippen molar-refractivity contribution in [2.75, 3.05) is 43.9 Å². The third kappa shape index (κ3) is 4.07. The van der Waals surface area contributed by atoms with E-state index in [1.807, 2.05) is 6.20 Å². The molecule has 4 unspecified atom stereocenters. The van der Waals surface area contributed by atoms with E-state index in [4.69, 9.17) is 35.2 Å². The fourth-order valence-corrected chi connectivity index (χ4v) is 10.6. The number of likely N-dealkylation sites (tertiary alicyclic amines) is 1. The Morgan fingerprint density at radius 1 is 1.11 bits per heavy atom. The van der Waals surface area contributed by atoms with Crippen molar-refractivity contribution in [3.8, 4) is 17.6 Å². The number of aromatic nitrogens is 5. The molecule has 0 bridgehead atoms. The Morgan fingerprint density at radius 3 is 2.72 bits per heavy atom. The number of nitrogens with two attached hydrogens (primary N) is 1. The van der Waals surface area contributed by atoms with Crippen LogP contribution < -0.4 is 10.6 Å². The molecule has 0 radical (unpaired) electrons. The first-order valence-corrected chi connectivity index (χ1v) is 17.9. The first-order valence-electron chi connectivity index (χ1n) is 17.1. The summed E-state index contributed by atoms with van der Waals surface area (Å²) < 4.78 is 14.7. The van der Waals surface area contributed by atoms with Crippen LogP contribution >= 0.6 is 11.3 Å². The van der Waals surface area contributed by atoms with Crippen LogP contribution in [0.3, 0.4) is 0 Å². The minimum Gasteiger partial charge on any atom is -0.389 e. The molecule has 240 valence electrons. The molecule has 2 aliphatic carbocycles. The second-order valence-electron chi connectivity index (χ2n) is 14.3. The van der Waals surface area contributed by atoms with Crippen molar-refractivity contribution in [3.63, 3.8) is 0 Å². The maximum Gasteiger partial charge on any atom is 0.186 e. The fraction of sp³-hybridized carbons (Fsp3) is 0.618. The highest BCUT2D eigenvalue weighted by molar-refractivity contribution is 7.16. The lowest BCUT2D eigenvalue weighted by atomic mass is 9.63. The third-order valence-corrected chi connectivity index (χ3v) is 12.9. The Hall–Kier alpha value is -3.53. The number of piperidine rings is 1. The molecule has 12 heteroatoms. The highest BCUT2D eigenvalue weighted by atomic mass is 32.1. The van der Waals surface area contributed by atoms with Crippen LogP contribution in [0.2, 0.25) is 0 Å². The summed E-state index contributed by atoms with van der Waals surface area (Å²) in [5, 5.41) is 21.5. The monoisotopic (exact) mass is 639 g/mol. The molecule has 3 fully saturated rings. The van der Waals surface area contributed by atoms with Gasteiger partial charge in [-0.1, -0.05) is 5.16 Å². The number of ether oxygens (including phenoxy) is 1. The van der Waals surface area contributed by atoms with Crippen molar-refractivity contribution in [1.82, 2.24) is 29.8 Å². The third-order valence-electron chi connectivity index (χ3n) is 11.8. The molecular formula is C34H41N9O2S. The maximum absolute atomic E-state index is 10.2. The summed E-state index contributed by atoms with van der Waals surface area (Å²) in [5.74, 6) is 2.38. The van der Waals surface area contributed by atoms with Gasteiger partial charge in [0.25, 0.3) is 0 Å². The normalized spacial score (nSPS) is 28.4. The highest BCUT2D eigenvalue weighted by Crippen LogP contribution is 2.55. The van der Waals surface area contributed by atoms with Crippen LogP contribution in [0.1, 0.15) is 98.1 Å². The van der Waals surface area contributed by atoms with E-state index in [2.05, 4.69) is 34.5 Å². The van der Waals surface area contributed by atoms with E-state index in [0.29, 0.717) is 22.4 Å². The van der Waals surface area contributed by atoms with Crippen LogP contribution in [-0.2, 0) is 23.0 Å². The van der Waals surface area contributed by atoms with Gasteiger partial charge in [0.1, 0.15) is 16.9 Å². The van der Waals surface area contributed by atoms with Gasteiger partial charge in [-0.05, 0) is 90.3 Å². The molecule has 11 nitrogen and oxygen atoms in total. The zero-order valence-electron chi connectivity index (χ0n) is 26.7. The lowest BCUT2D eigenvalue weighted by Gasteiger charge is -2.48. The van der Waals surface area contributed by atoms with E-state index in [1.165, 1.54) is 11.3 Å². The van der Waals surface area contributed by atoms with E-state index < -0.39 is 0 Å². The maximum atomic E-state index is 10.2. The second kappa shape index (κ2) is 10.5. The molecule has 3 saturated heterocycles. The van der Waals surface area contributed by atoms with Gasteiger partial charge in [-0.2, -0.15) is 10.4 Å². The van der Waals surface area contributed by atoms with Crippen molar-refractivity contribution < 1.29 is 9.26 Å². The molecule has 2 N–H and O–H groups in total. The number of anilines is 2. The fourth-order valence-electron chi connectivity index (χ4n) is 9.47. The van der Waals surface area contributed by atoms with Gasteiger partial charge in [-0.3, -0.25) is 0 Å². The number of nitrogen functional groups attached to an aromatic ring is 1. The number of fused-ring (bicyclic) bond motifs is 5. The van der Waals surface area contributed by atoms with E-state index in [1.54, 1.807) is 11.3 Å². The van der Waals surface area contributed by atoms with Gasteiger partial charge < -0.3 is 24.8 Å². The predicted molar refractivity (Wildman–Crippen MR) is 176 cm³/mol. The van der Waals surface area contributed by atoms with Gasteiger partial charge in [0.2, 0.25) is 0 Å². The molecule has 4 aromatic rings. The lowest BCUT2D eigenvalue weighted by Crippen LogP contribution is -2.56. The van der Waals surface area contributed by atoms with Crippen LogP contribution in [0, 0.1) is 11.3 Å². The molecule has 0 aromatic carbocycles. The van der Waals surface area contributed by atoms with Crippen molar-refractivity contribution in [3.05, 3.63) is 33.5 Å². The Morgan fingerprint density at radius 2 is 1.96 bits per heavy atom. The van der Waals surface area contributed by atoms with Crippen molar-refractivity contribution in [2.24, 2.45) is 0 Å². The number of rotatable bonds is 4. The number of hydrogen-bond donors (Lipinski definition) is 1. The van der Waals surface area contributed by atoms with Crippen molar-refractivity contribution in [1.29, 1.82) is 5.26 Å². The van der Waals surface area contributed by atoms with E-state index in [0.717, 1.165) is 130 Å². The van der Waals surface area contributed by atoms with Crippen LogP contribution in [0.4, 0.5) is 10.8 Å². The molecule has 3 aliphatic heterocycles. The molecule has 7 heterocycles. The second-order valence-corrected chi connectivity index (χ2v) is 15.5. The lowest BCUT2D eigenvalue weighted by molar-refractivity contribution is -0.151. The highest BCUT2D eigenvalue weighted by Gasteiger charge is 2.49. The largest absolute Gasteiger partial charge is 0.389 e. The van der Waals surface area contributed by atoms with Crippen LogP contribution in [0.5, 0.6) is 0 Å². The number of nitriles is 1.